The first-order valence-corrected chi connectivity index (χ1v) is 8.97. The van der Waals surface area contributed by atoms with Crippen LogP contribution < -0.4 is 0 Å². The molecule has 27 heavy (non-hydrogen) atoms. The van der Waals surface area contributed by atoms with Crippen molar-refractivity contribution in [2.75, 3.05) is 0 Å². The summed E-state index contributed by atoms with van der Waals surface area (Å²) in [5.74, 6) is 0.580. The highest BCUT2D eigenvalue weighted by Gasteiger charge is 2.18. The maximum Gasteiger partial charge on any atom is 0.250 e. The molecule has 0 N–H and O–H groups in total. The molecule has 3 heterocycles. The zero-order chi connectivity index (χ0) is 18.5. The minimum Gasteiger partial charge on any atom is -0.326 e. The zero-order valence-corrected chi connectivity index (χ0v) is 15.5. The number of rotatable bonds is 3. The minimum absolute atomic E-state index is 0.580. The lowest BCUT2D eigenvalue weighted by atomic mass is 10.3. The molecule has 0 saturated carbocycles. The van der Waals surface area contributed by atoms with Crippen LogP contribution in [-0.4, -0.2) is 23.7 Å². The van der Waals surface area contributed by atoms with Crippen LogP contribution in [0.4, 0.5) is 11.6 Å². The molecule has 0 amide bonds. The molecule has 3 aromatic heterocycles. The maximum atomic E-state index is 4.77. The van der Waals surface area contributed by atoms with Crippen LogP contribution in [0, 0.1) is 0 Å². The summed E-state index contributed by atoms with van der Waals surface area (Å²) >= 11 is 0. The molecule has 0 spiro atoms. The highest BCUT2D eigenvalue weighted by molar-refractivity contribution is 5.86. The Balaban J connectivity index is 1.72. The molecule has 7 nitrogen and oxygen atoms in total. The number of azo groups is 1. The highest BCUT2D eigenvalue weighted by atomic mass is 15.3. The maximum absolute atomic E-state index is 4.77. The Morgan fingerprint density at radius 3 is 2.30 bits per heavy atom. The second-order valence-electron chi connectivity index (χ2n) is 6.59. The van der Waals surface area contributed by atoms with Crippen LogP contribution in [0.3, 0.4) is 0 Å². The summed E-state index contributed by atoms with van der Waals surface area (Å²) in [6.07, 6.45) is 0.785. The average Bonchev–Trinajstić information content (AvgIpc) is 3.32. The Labute approximate surface area is 155 Å². The van der Waals surface area contributed by atoms with Gasteiger partial charge in [0.05, 0.1) is 27.8 Å². The van der Waals surface area contributed by atoms with E-state index in [1.807, 2.05) is 59.6 Å². The van der Waals surface area contributed by atoms with Gasteiger partial charge >= 0.3 is 0 Å². The Bertz CT molecular complexity index is 1330. The Morgan fingerprint density at radius 1 is 0.852 bits per heavy atom. The smallest absolute Gasteiger partial charge is 0.250 e. The van der Waals surface area contributed by atoms with Crippen molar-refractivity contribution < 1.29 is 0 Å². The van der Waals surface area contributed by atoms with Gasteiger partial charge in [-0.3, -0.25) is 0 Å². The van der Waals surface area contributed by atoms with Crippen molar-refractivity contribution in [2.45, 2.75) is 13.3 Å². The monoisotopic (exact) mass is 357 g/mol. The lowest BCUT2D eigenvalue weighted by molar-refractivity contribution is 0.909. The van der Waals surface area contributed by atoms with E-state index < -0.39 is 0 Å². The molecule has 0 saturated heterocycles. The summed E-state index contributed by atoms with van der Waals surface area (Å²) in [5, 5.41) is 13.8. The largest absolute Gasteiger partial charge is 0.326 e. The molecule has 7 heteroatoms. The molecule has 0 fully saturated rings. The van der Waals surface area contributed by atoms with E-state index in [0.29, 0.717) is 5.95 Å². The summed E-state index contributed by atoms with van der Waals surface area (Å²) in [7, 11) is 3.99. The van der Waals surface area contributed by atoms with E-state index in [2.05, 4.69) is 38.8 Å². The van der Waals surface area contributed by atoms with Crippen LogP contribution in [0.2, 0.25) is 0 Å². The van der Waals surface area contributed by atoms with E-state index in [1.54, 1.807) is 0 Å². The molecule has 0 radical (unpaired) electrons. The summed E-state index contributed by atoms with van der Waals surface area (Å²) in [5.41, 5.74) is 6.78. The van der Waals surface area contributed by atoms with E-state index in [9.17, 15) is 0 Å². The highest BCUT2D eigenvalue weighted by Crippen LogP contribution is 2.32. The van der Waals surface area contributed by atoms with E-state index >= 15 is 0 Å². The second-order valence-corrected chi connectivity index (χ2v) is 6.59. The number of fused-ring (bicyclic) bond motifs is 4. The van der Waals surface area contributed by atoms with Gasteiger partial charge in [-0.15, -0.1) is 10.2 Å². The fourth-order valence-electron chi connectivity index (χ4n) is 3.61. The van der Waals surface area contributed by atoms with Crippen molar-refractivity contribution >= 4 is 39.3 Å². The van der Waals surface area contributed by atoms with Gasteiger partial charge in [0.2, 0.25) is 5.95 Å². The van der Waals surface area contributed by atoms with Crippen LogP contribution in [0.5, 0.6) is 0 Å². The SMILES string of the molecule is CCc1nn2c3ccccc3n(C)c2c1N=Nc1nc2ccccc2n1C. The summed E-state index contributed by atoms with van der Waals surface area (Å²) in [4.78, 5) is 4.58. The van der Waals surface area contributed by atoms with E-state index in [4.69, 9.17) is 5.10 Å². The number of imidazole rings is 2. The van der Waals surface area contributed by atoms with Crippen molar-refractivity contribution in [3.8, 4) is 0 Å². The van der Waals surface area contributed by atoms with Gasteiger partial charge in [-0.2, -0.15) is 5.10 Å². The summed E-state index contributed by atoms with van der Waals surface area (Å²) < 4.78 is 6.02. The minimum atomic E-state index is 0.580. The molecule has 134 valence electrons. The number of aryl methyl sites for hydroxylation is 3. The number of hydrogen-bond donors (Lipinski definition) is 0. The van der Waals surface area contributed by atoms with Crippen LogP contribution in [-0.2, 0) is 20.5 Å². The van der Waals surface area contributed by atoms with E-state index in [1.165, 1.54) is 0 Å². The quantitative estimate of drug-likeness (QED) is 0.440. The summed E-state index contributed by atoms with van der Waals surface area (Å²) in [6.45, 7) is 2.08. The van der Waals surface area contributed by atoms with Gasteiger partial charge in [0.1, 0.15) is 0 Å². The molecule has 0 atom stereocenters. The standard InChI is InChI=1S/C20H19N7/c1-4-13-18(19-25(2)16-11-7-8-12-17(16)27(19)24-13)22-23-20-21-14-9-5-6-10-15(14)26(20)3/h5-12H,4H2,1-3H3. The third kappa shape index (κ3) is 2.21. The van der Waals surface area contributed by atoms with Crippen LogP contribution in [0.1, 0.15) is 12.6 Å². The molecule has 2 aromatic carbocycles. The molecule has 0 unspecified atom stereocenters. The van der Waals surface area contributed by atoms with Crippen molar-refractivity contribution in [2.24, 2.45) is 24.3 Å². The van der Waals surface area contributed by atoms with Gasteiger partial charge in [0, 0.05) is 14.1 Å². The van der Waals surface area contributed by atoms with Crippen molar-refractivity contribution in [1.82, 2.24) is 23.7 Å². The third-order valence-electron chi connectivity index (χ3n) is 5.03. The number of benzene rings is 2. The molecular formula is C20H19N7. The van der Waals surface area contributed by atoms with Gasteiger partial charge in [-0.05, 0) is 30.7 Å². The Morgan fingerprint density at radius 2 is 1.56 bits per heavy atom. The van der Waals surface area contributed by atoms with Gasteiger partial charge in [-0.25, -0.2) is 9.50 Å². The molecule has 5 rings (SSSR count). The second kappa shape index (κ2) is 5.77. The molecule has 0 bridgehead atoms. The number of aromatic nitrogens is 5. The Kier molecular flexibility index (Phi) is 3.36. The molecule has 0 aliphatic rings. The fourth-order valence-corrected chi connectivity index (χ4v) is 3.61. The first kappa shape index (κ1) is 15.7. The van der Waals surface area contributed by atoms with Crippen molar-refractivity contribution in [3.05, 3.63) is 54.2 Å². The van der Waals surface area contributed by atoms with Crippen LogP contribution in [0.15, 0.2) is 58.8 Å². The first-order chi connectivity index (χ1) is 13.2. The van der Waals surface area contributed by atoms with E-state index in [0.717, 1.165) is 45.5 Å². The number of para-hydroxylation sites is 4. The summed E-state index contributed by atoms with van der Waals surface area (Å²) in [6, 6.07) is 16.2. The topological polar surface area (TPSA) is 64.8 Å². The molecular weight excluding hydrogens is 338 g/mol. The van der Waals surface area contributed by atoms with Crippen molar-refractivity contribution in [1.29, 1.82) is 0 Å². The lowest BCUT2D eigenvalue weighted by Gasteiger charge is -1.98. The first-order valence-electron chi connectivity index (χ1n) is 8.97. The fraction of sp³-hybridized carbons (Fsp3) is 0.200. The van der Waals surface area contributed by atoms with Gasteiger partial charge in [0.15, 0.2) is 11.3 Å². The lowest BCUT2D eigenvalue weighted by Crippen LogP contribution is -1.88. The predicted molar refractivity (Wildman–Crippen MR) is 106 cm³/mol. The van der Waals surface area contributed by atoms with Gasteiger partial charge < -0.3 is 9.13 Å². The normalized spacial score (nSPS) is 12.3. The van der Waals surface area contributed by atoms with Crippen LogP contribution >= 0.6 is 0 Å². The zero-order valence-electron chi connectivity index (χ0n) is 15.5. The van der Waals surface area contributed by atoms with Gasteiger partial charge in [-0.1, -0.05) is 31.2 Å². The molecule has 0 aliphatic heterocycles. The van der Waals surface area contributed by atoms with E-state index in [-0.39, 0.29) is 0 Å². The average molecular weight is 357 g/mol. The van der Waals surface area contributed by atoms with Crippen LogP contribution in [0.25, 0.3) is 27.7 Å². The third-order valence-corrected chi connectivity index (χ3v) is 5.03. The number of hydrogen-bond acceptors (Lipinski definition) is 4. The molecule has 5 aromatic rings. The Hall–Kier alpha value is -3.48. The molecule has 0 aliphatic carbocycles. The van der Waals surface area contributed by atoms with Gasteiger partial charge in [0.25, 0.3) is 0 Å². The predicted octanol–water partition coefficient (Wildman–Crippen LogP) is 4.69. The number of nitrogens with zero attached hydrogens (tertiary/aromatic N) is 7. The van der Waals surface area contributed by atoms with Crippen molar-refractivity contribution in [3.63, 3.8) is 0 Å².